The Balaban J connectivity index is 1.88. The molecule has 0 aliphatic carbocycles. The second-order valence-electron chi connectivity index (χ2n) is 6.44. The van der Waals surface area contributed by atoms with Crippen LogP contribution in [0.15, 0.2) is 30.3 Å². The molecule has 0 spiro atoms. The molecule has 1 aliphatic heterocycles. The molecule has 1 N–H and O–H groups in total. The lowest BCUT2D eigenvalue weighted by atomic mass is 9.89. The predicted octanol–water partition coefficient (Wildman–Crippen LogP) is 2.80. The third kappa shape index (κ3) is 3.46. The zero-order valence-electron chi connectivity index (χ0n) is 14.9. The van der Waals surface area contributed by atoms with Gasteiger partial charge in [-0.1, -0.05) is 37.3 Å². The van der Waals surface area contributed by atoms with Gasteiger partial charge in [0.2, 0.25) is 0 Å². The smallest absolute Gasteiger partial charge is 0.343 e. The van der Waals surface area contributed by atoms with Crippen LogP contribution in [0.4, 0.5) is 0 Å². The first-order valence-corrected chi connectivity index (χ1v) is 9.70. The number of carbonyl (C=O) groups is 1. The Labute approximate surface area is 152 Å². The summed E-state index contributed by atoms with van der Waals surface area (Å²) in [5.74, 6) is 1.11. The lowest BCUT2D eigenvalue weighted by Crippen LogP contribution is -2.32. The number of carbonyl (C=O) groups excluding carboxylic acids is 1. The van der Waals surface area contributed by atoms with E-state index in [4.69, 9.17) is 4.74 Å². The van der Waals surface area contributed by atoms with Crippen molar-refractivity contribution in [2.24, 2.45) is 0 Å². The summed E-state index contributed by atoms with van der Waals surface area (Å²) in [5, 5.41) is 15.7. The molecule has 1 aliphatic rings. The first-order chi connectivity index (χ1) is 12.0. The number of hydrogen-bond donors (Lipinski definition) is 1. The molecule has 0 radical (unpaired) electrons. The largest absolute Gasteiger partial charge is 0.459 e. The molecule has 2 heterocycles. The van der Waals surface area contributed by atoms with Crippen molar-refractivity contribution in [1.29, 1.82) is 0 Å². The van der Waals surface area contributed by atoms with Gasteiger partial charge in [-0.3, -0.25) is 4.68 Å². The Bertz CT molecular complexity index is 760. The van der Waals surface area contributed by atoms with E-state index in [9.17, 15) is 9.90 Å². The van der Waals surface area contributed by atoms with E-state index in [0.717, 1.165) is 17.0 Å². The van der Waals surface area contributed by atoms with E-state index in [1.807, 2.05) is 48.9 Å². The van der Waals surface area contributed by atoms with Gasteiger partial charge in [0.1, 0.15) is 6.10 Å². The van der Waals surface area contributed by atoms with Gasteiger partial charge in [-0.25, -0.2) is 4.79 Å². The summed E-state index contributed by atoms with van der Waals surface area (Å²) in [4.78, 5) is 12.4. The van der Waals surface area contributed by atoms with Crippen molar-refractivity contribution in [1.82, 2.24) is 9.78 Å². The minimum atomic E-state index is -1.60. The van der Waals surface area contributed by atoms with Crippen LogP contribution < -0.4 is 0 Å². The quantitative estimate of drug-likeness (QED) is 0.803. The molecular formula is C19H24N2O3S. The van der Waals surface area contributed by atoms with E-state index in [-0.39, 0.29) is 12.5 Å². The van der Waals surface area contributed by atoms with Gasteiger partial charge in [0.05, 0.1) is 12.2 Å². The van der Waals surface area contributed by atoms with Crippen LogP contribution in [0.2, 0.25) is 0 Å². The van der Waals surface area contributed by atoms with Gasteiger partial charge >= 0.3 is 5.97 Å². The summed E-state index contributed by atoms with van der Waals surface area (Å²) in [7, 11) is 0. The predicted molar refractivity (Wildman–Crippen MR) is 98.6 cm³/mol. The Morgan fingerprint density at radius 2 is 2.08 bits per heavy atom. The Hall–Kier alpha value is -1.79. The number of benzene rings is 1. The van der Waals surface area contributed by atoms with E-state index >= 15 is 0 Å². The molecule has 1 fully saturated rings. The van der Waals surface area contributed by atoms with Crippen LogP contribution in [0.5, 0.6) is 0 Å². The summed E-state index contributed by atoms with van der Waals surface area (Å²) in [5.41, 5.74) is 1.61. The fourth-order valence-corrected chi connectivity index (χ4v) is 4.14. The zero-order valence-corrected chi connectivity index (χ0v) is 15.7. The summed E-state index contributed by atoms with van der Waals surface area (Å²) in [6, 6.07) is 10.0. The molecule has 25 heavy (non-hydrogen) atoms. The number of cyclic esters (lactones) is 1. The number of hydrogen-bond acceptors (Lipinski definition) is 5. The van der Waals surface area contributed by atoms with Gasteiger partial charge in [-0.2, -0.15) is 16.9 Å². The maximum Gasteiger partial charge on any atom is 0.343 e. The highest BCUT2D eigenvalue weighted by atomic mass is 32.2. The molecule has 134 valence electrons. The lowest BCUT2D eigenvalue weighted by Gasteiger charge is -2.19. The molecule has 1 saturated heterocycles. The van der Waals surface area contributed by atoms with Crippen LogP contribution in [0.1, 0.15) is 35.9 Å². The lowest BCUT2D eigenvalue weighted by molar-refractivity contribution is -0.155. The Kier molecular flexibility index (Phi) is 5.20. The van der Waals surface area contributed by atoms with E-state index < -0.39 is 11.6 Å². The highest BCUT2D eigenvalue weighted by Gasteiger charge is 2.51. The maximum absolute atomic E-state index is 12.4. The number of ether oxygens (including phenoxy) is 1. The summed E-state index contributed by atoms with van der Waals surface area (Å²) in [6.07, 6.45) is 0.0380. The number of aromatic nitrogens is 2. The van der Waals surface area contributed by atoms with Crippen LogP contribution in [0.3, 0.4) is 0 Å². The molecule has 0 saturated carbocycles. The number of nitrogens with zero attached hydrogens (tertiary/aromatic N) is 2. The number of esters is 1. The standard InChI is InChI=1S/C19H24N2O3S/c1-4-25-12-16-10-19(23,18(22)24-16)17-13(2)20-21(14(17)3)11-15-8-6-5-7-9-15/h5-9,16,23H,4,10-12H2,1-3H3. The third-order valence-electron chi connectivity index (χ3n) is 4.61. The van der Waals surface area contributed by atoms with Crippen molar-refractivity contribution in [3.05, 3.63) is 52.8 Å². The van der Waals surface area contributed by atoms with Crippen LogP contribution in [0, 0.1) is 13.8 Å². The normalized spacial score (nSPS) is 23.0. The molecule has 3 rings (SSSR count). The van der Waals surface area contributed by atoms with Crippen LogP contribution in [0.25, 0.3) is 0 Å². The topological polar surface area (TPSA) is 64.4 Å². The van der Waals surface area contributed by atoms with Crippen molar-refractivity contribution in [3.8, 4) is 0 Å². The van der Waals surface area contributed by atoms with E-state index in [1.165, 1.54) is 0 Å². The van der Waals surface area contributed by atoms with Crippen LogP contribution in [-0.4, -0.2) is 38.5 Å². The first kappa shape index (κ1) is 18.0. The summed E-state index contributed by atoms with van der Waals surface area (Å²) in [6.45, 7) is 6.41. The van der Waals surface area contributed by atoms with Gasteiger partial charge in [0.25, 0.3) is 0 Å². The summed E-state index contributed by atoms with van der Waals surface area (Å²) < 4.78 is 7.27. The molecule has 0 bridgehead atoms. The number of aliphatic hydroxyl groups is 1. The molecule has 1 aromatic heterocycles. The second kappa shape index (κ2) is 7.22. The van der Waals surface area contributed by atoms with Gasteiger partial charge < -0.3 is 9.84 Å². The van der Waals surface area contributed by atoms with Crippen molar-refractivity contribution in [3.63, 3.8) is 0 Å². The van der Waals surface area contributed by atoms with Crippen molar-refractivity contribution in [2.75, 3.05) is 11.5 Å². The molecule has 2 unspecified atom stereocenters. The Morgan fingerprint density at radius 1 is 1.36 bits per heavy atom. The monoisotopic (exact) mass is 360 g/mol. The molecule has 2 atom stereocenters. The molecule has 1 aromatic carbocycles. The van der Waals surface area contributed by atoms with Gasteiger partial charge in [0.15, 0.2) is 5.60 Å². The molecule has 0 amide bonds. The van der Waals surface area contributed by atoms with Gasteiger partial charge in [0, 0.05) is 23.4 Å². The Morgan fingerprint density at radius 3 is 2.76 bits per heavy atom. The minimum absolute atomic E-state index is 0.251. The van der Waals surface area contributed by atoms with Crippen LogP contribution in [-0.2, 0) is 21.7 Å². The molecule has 6 heteroatoms. The summed E-state index contributed by atoms with van der Waals surface area (Å²) >= 11 is 1.71. The third-order valence-corrected chi connectivity index (χ3v) is 5.63. The molecule has 2 aromatic rings. The average molecular weight is 360 g/mol. The number of rotatable bonds is 6. The minimum Gasteiger partial charge on any atom is -0.459 e. The first-order valence-electron chi connectivity index (χ1n) is 8.55. The van der Waals surface area contributed by atoms with Crippen molar-refractivity contribution < 1.29 is 14.6 Å². The number of aryl methyl sites for hydroxylation is 1. The van der Waals surface area contributed by atoms with Crippen molar-refractivity contribution in [2.45, 2.75) is 45.4 Å². The highest BCUT2D eigenvalue weighted by molar-refractivity contribution is 7.99. The number of thioether (sulfide) groups is 1. The SMILES string of the molecule is CCSCC1CC(O)(c2c(C)nn(Cc3ccccc3)c2C)C(=O)O1. The highest BCUT2D eigenvalue weighted by Crippen LogP contribution is 2.39. The fraction of sp³-hybridized carbons (Fsp3) is 0.474. The van der Waals surface area contributed by atoms with E-state index in [2.05, 4.69) is 12.0 Å². The second-order valence-corrected chi connectivity index (χ2v) is 7.76. The van der Waals surface area contributed by atoms with Crippen LogP contribution >= 0.6 is 11.8 Å². The molecular weight excluding hydrogens is 336 g/mol. The average Bonchev–Trinajstić information content (AvgIpc) is 3.03. The van der Waals surface area contributed by atoms with E-state index in [1.54, 1.807) is 11.8 Å². The fourth-order valence-electron chi connectivity index (χ4n) is 3.46. The van der Waals surface area contributed by atoms with Gasteiger partial charge in [-0.15, -0.1) is 0 Å². The maximum atomic E-state index is 12.4. The molecule has 5 nitrogen and oxygen atoms in total. The zero-order chi connectivity index (χ0) is 18.0. The van der Waals surface area contributed by atoms with Gasteiger partial charge in [-0.05, 0) is 25.2 Å². The van der Waals surface area contributed by atoms with E-state index in [0.29, 0.717) is 23.6 Å². The van der Waals surface area contributed by atoms with Crippen molar-refractivity contribution >= 4 is 17.7 Å².